The van der Waals surface area contributed by atoms with Crippen LogP contribution in [0, 0.1) is 11.2 Å². The van der Waals surface area contributed by atoms with Crippen LogP contribution in [-0.4, -0.2) is 75.1 Å². The lowest BCUT2D eigenvalue weighted by Gasteiger charge is -2.63. The average molecular weight is 491 g/mol. The summed E-state index contributed by atoms with van der Waals surface area (Å²) in [6, 6.07) is 4.64. The Labute approximate surface area is 209 Å². The number of nitrogens with one attached hydrogen (secondary N) is 1. The predicted molar refractivity (Wildman–Crippen MR) is 134 cm³/mol. The van der Waals surface area contributed by atoms with Gasteiger partial charge in [0, 0.05) is 43.7 Å². The molecule has 7 heterocycles. The third-order valence-corrected chi connectivity index (χ3v) is 8.22. The quantitative estimate of drug-likeness (QED) is 0.583. The molecular formula is C26H31FN8O. The van der Waals surface area contributed by atoms with E-state index in [1.165, 1.54) is 19.3 Å². The van der Waals surface area contributed by atoms with Crippen LogP contribution in [-0.2, 0) is 11.3 Å². The van der Waals surface area contributed by atoms with Crippen LogP contribution in [0.15, 0.2) is 30.7 Å². The standard InChI is InChI=1S/C26H31FN8O/c1-17-4-2-3-7-35-24(17)20(9-30-35)23-21(27)10-29-25(32-23)31-22-6-5-18(8-28-22)33-13-26(14-33)15-34(16-26)19-11-36-12-19/h5-6,8-10,17,19H,2-4,7,11-16H2,1H3,(H,28,29,31,32)/t17-/m1/s1. The maximum atomic E-state index is 14.8. The molecule has 7 rings (SSSR count). The van der Waals surface area contributed by atoms with Gasteiger partial charge in [-0.3, -0.25) is 9.58 Å². The van der Waals surface area contributed by atoms with Crippen LogP contribution in [0.3, 0.4) is 0 Å². The summed E-state index contributed by atoms with van der Waals surface area (Å²) >= 11 is 0. The van der Waals surface area contributed by atoms with Gasteiger partial charge >= 0.3 is 0 Å². The zero-order chi connectivity index (χ0) is 24.3. The molecule has 3 aromatic rings. The molecule has 3 aromatic heterocycles. The molecule has 3 fully saturated rings. The number of ether oxygens (including phenoxy) is 1. The van der Waals surface area contributed by atoms with E-state index < -0.39 is 5.82 Å². The molecule has 0 amide bonds. The van der Waals surface area contributed by atoms with Gasteiger partial charge in [0.15, 0.2) is 5.82 Å². The van der Waals surface area contributed by atoms with E-state index in [-0.39, 0.29) is 5.69 Å². The van der Waals surface area contributed by atoms with E-state index >= 15 is 0 Å². The number of rotatable bonds is 5. The van der Waals surface area contributed by atoms with Crippen LogP contribution < -0.4 is 10.2 Å². The number of aryl methyl sites for hydroxylation is 1. The first-order chi connectivity index (χ1) is 17.6. The van der Waals surface area contributed by atoms with Crippen molar-refractivity contribution >= 4 is 17.5 Å². The molecule has 0 saturated carbocycles. The molecule has 4 aliphatic heterocycles. The summed E-state index contributed by atoms with van der Waals surface area (Å²) in [4.78, 5) is 18.2. The normalized spacial score (nSPS) is 23.4. The summed E-state index contributed by atoms with van der Waals surface area (Å²) in [6.45, 7) is 9.32. The highest BCUT2D eigenvalue weighted by atomic mass is 19.1. The van der Waals surface area contributed by atoms with Crippen molar-refractivity contribution in [2.75, 3.05) is 49.6 Å². The molecule has 1 N–H and O–H groups in total. The van der Waals surface area contributed by atoms with Crippen LogP contribution in [0.5, 0.6) is 0 Å². The highest BCUT2D eigenvalue weighted by Crippen LogP contribution is 2.43. The summed E-state index contributed by atoms with van der Waals surface area (Å²) < 4.78 is 22.2. The summed E-state index contributed by atoms with van der Waals surface area (Å²) in [7, 11) is 0. The monoisotopic (exact) mass is 490 g/mol. The third-order valence-electron chi connectivity index (χ3n) is 8.22. The number of anilines is 3. The van der Waals surface area contributed by atoms with Crippen molar-refractivity contribution in [2.24, 2.45) is 5.41 Å². The summed E-state index contributed by atoms with van der Waals surface area (Å²) in [6.07, 6.45) is 8.15. The van der Waals surface area contributed by atoms with Crippen molar-refractivity contribution < 1.29 is 9.13 Å². The molecular weight excluding hydrogens is 459 g/mol. The Kier molecular flexibility index (Phi) is 5.21. The van der Waals surface area contributed by atoms with Gasteiger partial charge in [-0.15, -0.1) is 0 Å². The Morgan fingerprint density at radius 3 is 2.67 bits per heavy atom. The first-order valence-electron chi connectivity index (χ1n) is 13.0. The fourth-order valence-corrected chi connectivity index (χ4v) is 6.16. The molecule has 36 heavy (non-hydrogen) atoms. The highest BCUT2D eigenvalue weighted by molar-refractivity contribution is 5.65. The largest absolute Gasteiger partial charge is 0.378 e. The van der Waals surface area contributed by atoms with E-state index in [2.05, 4.69) is 48.2 Å². The number of hydrogen-bond acceptors (Lipinski definition) is 8. The second kappa shape index (κ2) is 8.48. The van der Waals surface area contributed by atoms with Crippen molar-refractivity contribution in [3.63, 3.8) is 0 Å². The second-order valence-corrected chi connectivity index (χ2v) is 10.9. The van der Waals surface area contributed by atoms with E-state index in [1.54, 1.807) is 6.20 Å². The third kappa shape index (κ3) is 3.74. The lowest BCUT2D eigenvalue weighted by Crippen LogP contribution is -2.75. The number of aromatic nitrogens is 5. The van der Waals surface area contributed by atoms with Gasteiger partial charge < -0.3 is 15.0 Å². The van der Waals surface area contributed by atoms with Crippen molar-refractivity contribution in [2.45, 2.75) is 44.7 Å². The maximum Gasteiger partial charge on any atom is 0.229 e. The van der Waals surface area contributed by atoms with Gasteiger partial charge in [-0.05, 0) is 30.9 Å². The number of pyridine rings is 1. The second-order valence-electron chi connectivity index (χ2n) is 10.9. The van der Waals surface area contributed by atoms with E-state index in [1.807, 2.05) is 16.9 Å². The minimum atomic E-state index is -0.442. The van der Waals surface area contributed by atoms with Crippen LogP contribution in [0.2, 0.25) is 0 Å². The molecule has 1 atom stereocenters. The van der Waals surface area contributed by atoms with Crippen molar-refractivity contribution in [1.82, 2.24) is 29.6 Å². The van der Waals surface area contributed by atoms with Crippen LogP contribution >= 0.6 is 0 Å². The number of hydrogen-bond donors (Lipinski definition) is 1. The van der Waals surface area contributed by atoms with Crippen LogP contribution in [0.4, 0.5) is 21.8 Å². The van der Waals surface area contributed by atoms with Gasteiger partial charge in [-0.1, -0.05) is 13.3 Å². The summed E-state index contributed by atoms with van der Waals surface area (Å²) in [5.74, 6) is 0.821. The molecule has 0 unspecified atom stereocenters. The first-order valence-corrected chi connectivity index (χ1v) is 13.0. The number of nitrogens with zero attached hydrogens (tertiary/aromatic N) is 7. The summed E-state index contributed by atoms with van der Waals surface area (Å²) in [5.41, 5.74) is 3.65. The molecule has 9 nitrogen and oxygen atoms in total. The van der Waals surface area contributed by atoms with Crippen molar-refractivity contribution in [3.05, 3.63) is 42.2 Å². The van der Waals surface area contributed by atoms with Gasteiger partial charge in [-0.2, -0.15) is 5.10 Å². The fourth-order valence-electron chi connectivity index (χ4n) is 6.16. The lowest BCUT2D eigenvalue weighted by molar-refractivity contribution is -0.137. The topological polar surface area (TPSA) is 84.2 Å². The van der Waals surface area contributed by atoms with Gasteiger partial charge in [0.25, 0.3) is 0 Å². The molecule has 4 aliphatic rings. The van der Waals surface area contributed by atoms with Crippen molar-refractivity contribution in [1.29, 1.82) is 0 Å². The van der Waals surface area contributed by atoms with E-state index in [4.69, 9.17) is 4.74 Å². The van der Waals surface area contributed by atoms with Crippen LogP contribution in [0.1, 0.15) is 37.8 Å². The number of likely N-dealkylation sites (tertiary alicyclic amines) is 1. The Morgan fingerprint density at radius 1 is 1.06 bits per heavy atom. The Morgan fingerprint density at radius 2 is 1.92 bits per heavy atom. The summed E-state index contributed by atoms with van der Waals surface area (Å²) in [5, 5.41) is 7.67. The molecule has 1 spiro atoms. The SMILES string of the molecule is C[C@@H]1CCCCn2ncc(-c3nc(Nc4ccc(N5CC6(C5)CN(C5COC5)C6)cn4)ncc3F)c21. The maximum absolute atomic E-state index is 14.8. The zero-order valence-electron chi connectivity index (χ0n) is 20.5. The van der Waals surface area contributed by atoms with Gasteiger partial charge in [0.2, 0.25) is 5.95 Å². The molecule has 188 valence electrons. The highest BCUT2D eigenvalue weighted by Gasteiger charge is 2.54. The minimum Gasteiger partial charge on any atom is -0.378 e. The van der Waals surface area contributed by atoms with E-state index in [0.29, 0.717) is 29.1 Å². The van der Waals surface area contributed by atoms with Gasteiger partial charge in [-0.25, -0.2) is 19.3 Å². The lowest BCUT2D eigenvalue weighted by atomic mass is 9.72. The smallest absolute Gasteiger partial charge is 0.229 e. The average Bonchev–Trinajstić information content (AvgIpc) is 3.13. The molecule has 0 aliphatic carbocycles. The minimum absolute atomic E-state index is 0.285. The molecule has 0 aromatic carbocycles. The number of halogens is 1. The Balaban J connectivity index is 1.03. The van der Waals surface area contributed by atoms with E-state index in [0.717, 1.165) is 69.1 Å². The molecule has 0 radical (unpaired) electrons. The predicted octanol–water partition coefficient (Wildman–Crippen LogP) is 3.43. The van der Waals surface area contributed by atoms with Gasteiger partial charge in [0.1, 0.15) is 11.5 Å². The molecule has 10 heteroatoms. The fraction of sp³-hybridized carbons (Fsp3) is 0.538. The van der Waals surface area contributed by atoms with Crippen LogP contribution in [0.25, 0.3) is 11.3 Å². The zero-order valence-corrected chi connectivity index (χ0v) is 20.5. The Bertz CT molecular complexity index is 1260. The van der Waals surface area contributed by atoms with E-state index in [9.17, 15) is 4.39 Å². The molecule has 0 bridgehead atoms. The molecule has 3 saturated heterocycles. The number of fused-ring (bicyclic) bond motifs is 1. The first kappa shape index (κ1) is 22.1. The van der Waals surface area contributed by atoms with Crippen molar-refractivity contribution in [3.8, 4) is 11.3 Å². The Hall–Kier alpha value is -3.11. The van der Waals surface area contributed by atoms with Gasteiger partial charge in [0.05, 0.1) is 49.2 Å².